The van der Waals surface area contributed by atoms with E-state index >= 15 is 0 Å². The Bertz CT molecular complexity index is 687. The zero-order chi connectivity index (χ0) is 15.4. The van der Waals surface area contributed by atoms with Gasteiger partial charge in [0.2, 0.25) is 0 Å². The molecule has 6 nitrogen and oxygen atoms in total. The second-order valence-electron chi connectivity index (χ2n) is 4.25. The number of nitrogen functional groups attached to an aromatic ring is 1. The van der Waals surface area contributed by atoms with Crippen LogP contribution < -0.4 is 11.1 Å². The van der Waals surface area contributed by atoms with Crippen molar-refractivity contribution in [2.45, 2.75) is 6.42 Å². The third-order valence-corrected chi connectivity index (χ3v) is 4.04. The van der Waals surface area contributed by atoms with Gasteiger partial charge in [0.25, 0.3) is 11.6 Å². The van der Waals surface area contributed by atoms with E-state index in [1.165, 1.54) is 29.5 Å². The van der Waals surface area contributed by atoms with Crippen LogP contribution in [0.1, 0.15) is 15.2 Å². The van der Waals surface area contributed by atoms with Crippen molar-refractivity contribution in [3.8, 4) is 0 Å². The molecule has 1 aromatic heterocycles. The third-order valence-electron chi connectivity index (χ3n) is 2.75. The molecular weight excluding hydrogens is 314 g/mol. The van der Waals surface area contributed by atoms with Crippen LogP contribution in [0.4, 0.5) is 11.4 Å². The van der Waals surface area contributed by atoms with Gasteiger partial charge >= 0.3 is 0 Å². The zero-order valence-corrected chi connectivity index (χ0v) is 12.4. The highest BCUT2D eigenvalue weighted by Gasteiger charge is 2.19. The summed E-state index contributed by atoms with van der Waals surface area (Å²) in [6.07, 6.45) is 0.610. The van der Waals surface area contributed by atoms with E-state index in [1.807, 2.05) is 6.07 Å². The summed E-state index contributed by atoms with van der Waals surface area (Å²) in [5.41, 5.74) is 5.57. The molecule has 0 saturated heterocycles. The summed E-state index contributed by atoms with van der Waals surface area (Å²) < 4.78 is 0.683. The molecule has 2 aromatic rings. The fourth-order valence-electron chi connectivity index (χ4n) is 1.78. The number of hydrogen-bond acceptors (Lipinski definition) is 5. The first kappa shape index (κ1) is 15.3. The summed E-state index contributed by atoms with van der Waals surface area (Å²) in [4.78, 5) is 23.4. The van der Waals surface area contributed by atoms with Crippen molar-refractivity contribution in [3.63, 3.8) is 0 Å². The maximum absolute atomic E-state index is 12.0. The number of thiophene rings is 1. The van der Waals surface area contributed by atoms with E-state index in [0.29, 0.717) is 23.0 Å². The van der Waals surface area contributed by atoms with Gasteiger partial charge in [-0.2, -0.15) is 0 Å². The first-order valence-corrected chi connectivity index (χ1v) is 7.23. The van der Waals surface area contributed by atoms with Crippen LogP contribution in [-0.2, 0) is 6.42 Å². The Balaban J connectivity index is 2.03. The number of anilines is 1. The zero-order valence-electron chi connectivity index (χ0n) is 10.8. The number of nitrogens with one attached hydrogen (secondary N) is 1. The van der Waals surface area contributed by atoms with Gasteiger partial charge in [-0.3, -0.25) is 14.9 Å². The number of nitrogens with two attached hydrogens (primary N) is 1. The van der Waals surface area contributed by atoms with Gasteiger partial charge < -0.3 is 11.1 Å². The number of carbonyl (C=O) groups is 1. The van der Waals surface area contributed by atoms with Gasteiger partial charge in [-0.25, -0.2) is 0 Å². The molecule has 0 aliphatic heterocycles. The standard InChI is InChI=1S/C13H12ClN3O3S/c14-12-4-2-9(21-12)5-6-16-13(18)10-7-8(15)1-3-11(10)17(19)20/h1-4,7H,5-6,15H2,(H,16,18). The van der Waals surface area contributed by atoms with Crippen LogP contribution in [0.3, 0.4) is 0 Å². The number of nitro groups is 1. The minimum Gasteiger partial charge on any atom is -0.399 e. The average Bonchev–Trinajstić information content (AvgIpc) is 2.84. The lowest BCUT2D eigenvalue weighted by Gasteiger charge is -2.06. The average molecular weight is 326 g/mol. The van der Waals surface area contributed by atoms with Crippen LogP contribution in [0.25, 0.3) is 0 Å². The molecule has 1 aromatic carbocycles. The maximum Gasteiger partial charge on any atom is 0.282 e. The van der Waals surface area contributed by atoms with E-state index < -0.39 is 10.8 Å². The quantitative estimate of drug-likeness (QED) is 0.501. The highest BCUT2D eigenvalue weighted by atomic mass is 35.5. The molecule has 0 saturated carbocycles. The number of nitro benzene ring substituents is 1. The molecule has 3 N–H and O–H groups in total. The fourth-order valence-corrected chi connectivity index (χ4v) is 2.86. The topological polar surface area (TPSA) is 98.3 Å². The summed E-state index contributed by atoms with van der Waals surface area (Å²) in [6.45, 7) is 0.363. The monoisotopic (exact) mass is 325 g/mol. The Morgan fingerprint density at radius 1 is 1.38 bits per heavy atom. The molecule has 8 heteroatoms. The van der Waals surface area contributed by atoms with Crippen molar-refractivity contribution in [1.82, 2.24) is 5.32 Å². The van der Waals surface area contributed by atoms with Crippen molar-refractivity contribution in [1.29, 1.82) is 0 Å². The van der Waals surface area contributed by atoms with Crippen LogP contribution in [-0.4, -0.2) is 17.4 Å². The number of benzene rings is 1. The number of amides is 1. The Labute approximate surface area is 129 Å². The Hall–Kier alpha value is -2.12. The third kappa shape index (κ3) is 3.93. The number of halogens is 1. The van der Waals surface area contributed by atoms with Gasteiger partial charge in [-0.05, 0) is 30.7 Å². The predicted molar refractivity (Wildman–Crippen MR) is 82.9 cm³/mol. The molecule has 110 valence electrons. The molecule has 0 spiro atoms. The van der Waals surface area contributed by atoms with Gasteiger partial charge in [0.05, 0.1) is 9.26 Å². The second kappa shape index (κ2) is 6.55. The van der Waals surface area contributed by atoms with Crippen molar-refractivity contribution in [2.24, 2.45) is 0 Å². The van der Waals surface area contributed by atoms with E-state index in [4.69, 9.17) is 17.3 Å². The molecule has 0 unspecified atom stereocenters. The smallest absolute Gasteiger partial charge is 0.282 e. The van der Waals surface area contributed by atoms with Gasteiger partial charge in [0.15, 0.2) is 0 Å². The van der Waals surface area contributed by atoms with Gasteiger partial charge in [-0.1, -0.05) is 11.6 Å². The minimum atomic E-state index is -0.604. The van der Waals surface area contributed by atoms with E-state index in [-0.39, 0.29) is 11.3 Å². The summed E-state index contributed by atoms with van der Waals surface area (Å²) in [6, 6.07) is 7.58. The summed E-state index contributed by atoms with van der Waals surface area (Å²) in [5, 5.41) is 13.6. The lowest BCUT2D eigenvalue weighted by Crippen LogP contribution is -2.26. The Kier molecular flexibility index (Phi) is 4.77. The number of hydrogen-bond donors (Lipinski definition) is 2. The summed E-state index contributed by atoms with van der Waals surface area (Å²) >= 11 is 7.24. The van der Waals surface area contributed by atoms with E-state index in [2.05, 4.69) is 5.32 Å². The van der Waals surface area contributed by atoms with Crippen LogP contribution in [0.2, 0.25) is 4.34 Å². The second-order valence-corrected chi connectivity index (χ2v) is 6.05. The fraction of sp³-hybridized carbons (Fsp3) is 0.154. The van der Waals surface area contributed by atoms with Gasteiger partial charge in [0, 0.05) is 23.2 Å². The van der Waals surface area contributed by atoms with Crippen LogP contribution in [0.5, 0.6) is 0 Å². The summed E-state index contributed by atoms with van der Waals surface area (Å²) in [5.74, 6) is -0.517. The molecule has 0 aliphatic rings. The molecule has 0 radical (unpaired) electrons. The molecule has 0 atom stereocenters. The largest absolute Gasteiger partial charge is 0.399 e. The Morgan fingerprint density at radius 2 is 2.14 bits per heavy atom. The summed E-state index contributed by atoms with van der Waals surface area (Å²) in [7, 11) is 0. The van der Waals surface area contributed by atoms with Crippen LogP contribution >= 0.6 is 22.9 Å². The molecule has 0 bridgehead atoms. The van der Waals surface area contributed by atoms with Gasteiger partial charge in [-0.15, -0.1) is 11.3 Å². The highest BCUT2D eigenvalue weighted by Crippen LogP contribution is 2.22. The normalized spacial score (nSPS) is 10.3. The van der Waals surface area contributed by atoms with E-state index in [1.54, 1.807) is 6.07 Å². The van der Waals surface area contributed by atoms with Crippen molar-refractivity contribution in [2.75, 3.05) is 12.3 Å². The predicted octanol–water partition coefficient (Wildman–Crippen LogP) is 2.86. The van der Waals surface area contributed by atoms with Crippen LogP contribution in [0.15, 0.2) is 30.3 Å². The highest BCUT2D eigenvalue weighted by molar-refractivity contribution is 7.16. The molecular formula is C13H12ClN3O3S. The van der Waals surface area contributed by atoms with Gasteiger partial charge in [0.1, 0.15) is 5.56 Å². The van der Waals surface area contributed by atoms with E-state index in [0.717, 1.165) is 4.88 Å². The van der Waals surface area contributed by atoms with Crippen molar-refractivity contribution >= 4 is 40.2 Å². The number of nitrogens with zero attached hydrogens (tertiary/aromatic N) is 1. The molecule has 1 amide bonds. The lowest BCUT2D eigenvalue weighted by molar-refractivity contribution is -0.385. The van der Waals surface area contributed by atoms with Crippen molar-refractivity contribution in [3.05, 3.63) is 55.2 Å². The number of carbonyl (C=O) groups excluding carboxylic acids is 1. The molecule has 21 heavy (non-hydrogen) atoms. The molecule has 1 heterocycles. The first-order chi connectivity index (χ1) is 9.97. The maximum atomic E-state index is 12.0. The number of rotatable bonds is 5. The first-order valence-electron chi connectivity index (χ1n) is 6.03. The molecule has 0 fully saturated rings. The molecule has 0 aliphatic carbocycles. The molecule has 2 rings (SSSR count). The lowest BCUT2D eigenvalue weighted by atomic mass is 10.1. The van der Waals surface area contributed by atoms with Crippen LogP contribution in [0, 0.1) is 10.1 Å². The van der Waals surface area contributed by atoms with E-state index in [9.17, 15) is 14.9 Å². The SMILES string of the molecule is Nc1ccc([N+](=O)[O-])c(C(=O)NCCc2ccc(Cl)s2)c1. The van der Waals surface area contributed by atoms with Crippen molar-refractivity contribution < 1.29 is 9.72 Å². The Morgan fingerprint density at radius 3 is 2.76 bits per heavy atom. The minimum absolute atomic E-state index is 0.0378.